The van der Waals surface area contributed by atoms with E-state index < -0.39 is 5.91 Å². The predicted molar refractivity (Wildman–Crippen MR) is 146 cm³/mol. The second-order valence-corrected chi connectivity index (χ2v) is 9.79. The average molecular weight is 527 g/mol. The van der Waals surface area contributed by atoms with E-state index in [2.05, 4.69) is 0 Å². The molecule has 1 fully saturated rings. The zero-order valence-corrected chi connectivity index (χ0v) is 22.0. The van der Waals surface area contributed by atoms with E-state index in [4.69, 9.17) is 21.4 Å². The van der Waals surface area contributed by atoms with Crippen LogP contribution in [0, 0.1) is 11.3 Å². The molecule has 5 rings (SSSR count). The molecule has 1 aliphatic heterocycles. The number of para-hydroxylation sites is 1. The van der Waals surface area contributed by atoms with Crippen LogP contribution < -0.4 is 4.74 Å². The number of amides is 2. The number of nitrogens with zero attached hydrogens (tertiary/aromatic N) is 4. The van der Waals surface area contributed by atoms with Gasteiger partial charge in [0.25, 0.3) is 11.8 Å². The molecular weight excluding hydrogens is 500 g/mol. The molecule has 192 valence electrons. The fourth-order valence-corrected chi connectivity index (χ4v) is 5.34. The first-order valence-electron chi connectivity index (χ1n) is 12.7. The van der Waals surface area contributed by atoms with Crippen LogP contribution in [0.3, 0.4) is 0 Å². The zero-order valence-electron chi connectivity index (χ0n) is 21.3. The summed E-state index contributed by atoms with van der Waals surface area (Å²) in [6.45, 7) is 4.04. The highest BCUT2D eigenvalue weighted by atomic mass is 35.5. The third-order valence-electron chi connectivity index (χ3n) is 7.03. The van der Waals surface area contributed by atoms with Gasteiger partial charge in [0.05, 0.1) is 17.3 Å². The number of benzene rings is 2. The highest BCUT2D eigenvalue weighted by Crippen LogP contribution is 2.36. The number of carbonyl (C=O) groups excluding carboxylic acids is 2. The standard InChI is InChI=1S/C30H27ClN4O3/c1-3-38-27-14-13-20(16-26(27)31)28-21(18-34(33-28)22-9-5-4-6-10-22)15-24-19(2)25(17-32)30(37)35(29(24)36)23-11-7-8-12-23/h4-6,9-10,13-16,18,23H,3,7-8,11-12H2,1-2H3/b24-15+. The molecular formula is C30H27ClN4O3. The Bertz CT molecular complexity index is 1510. The Hall–Kier alpha value is -4.15. The molecule has 2 aliphatic rings. The summed E-state index contributed by atoms with van der Waals surface area (Å²) in [7, 11) is 0. The Morgan fingerprint density at radius 1 is 1.13 bits per heavy atom. The third kappa shape index (κ3) is 4.64. The van der Waals surface area contributed by atoms with Gasteiger partial charge >= 0.3 is 0 Å². The number of imide groups is 1. The van der Waals surface area contributed by atoms with Crippen molar-refractivity contribution in [1.29, 1.82) is 5.26 Å². The summed E-state index contributed by atoms with van der Waals surface area (Å²) in [5.74, 6) is -0.301. The molecule has 0 bridgehead atoms. The fourth-order valence-electron chi connectivity index (χ4n) is 5.10. The molecule has 0 spiro atoms. The molecule has 1 aromatic heterocycles. The summed E-state index contributed by atoms with van der Waals surface area (Å²) in [5.41, 5.74) is 3.56. The maximum absolute atomic E-state index is 13.7. The van der Waals surface area contributed by atoms with Crippen molar-refractivity contribution in [2.24, 2.45) is 0 Å². The molecule has 0 saturated heterocycles. The van der Waals surface area contributed by atoms with E-state index in [9.17, 15) is 14.9 Å². The van der Waals surface area contributed by atoms with Gasteiger partial charge in [0, 0.05) is 28.9 Å². The Morgan fingerprint density at radius 2 is 1.87 bits per heavy atom. The summed E-state index contributed by atoms with van der Waals surface area (Å²) in [4.78, 5) is 28.1. The molecule has 3 aromatic rings. The molecule has 38 heavy (non-hydrogen) atoms. The maximum atomic E-state index is 13.7. The summed E-state index contributed by atoms with van der Waals surface area (Å²) in [6, 6.07) is 16.9. The van der Waals surface area contributed by atoms with Gasteiger partial charge in [-0.05, 0) is 68.7 Å². The number of hydrogen-bond acceptors (Lipinski definition) is 5. The van der Waals surface area contributed by atoms with Crippen LogP contribution in [0.5, 0.6) is 5.75 Å². The van der Waals surface area contributed by atoms with Gasteiger partial charge in [-0.2, -0.15) is 10.4 Å². The summed E-state index contributed by atoms with van der Waals surface area (Å²) in [6.07, 6.45) is 6.99. The van der Waals surface area contributed by atoms with Gasteiger partial charge in [0.1, 0.15) is 23.1 Å². The van der Waals surface area contributed by atoms with Crippen LogP contribution in [0.2, 0.25) is 5.02 Å². The minimum Gasteiger partial charge on any atom is -0.492 e. The van der Waals surface area contributed by atoms with Crippen LogP contribution in [0.4, 0.5) is 0 Å². The molecule has 8 heteroatoms. The maximum Gasteiger partial charge on any atom is 0.271 e. The van der Waals surface area contributed by atoms with Gasteiger partial charge in [-0.15, -0.1) is 0 Å². The molecule has 1 saturated carbocycles. The number of aromatic nitrogens is 2. The topological polar surface area (TPSA) is 88.2 Å². The number of ether oxygens (including phenoxy) is 1. The largest absolute Gasteiger partial charge is 0.492 e. The van der Waals surface area contributed by atoms with Crippen LogP contribution in [-0.4, -0.2) is 39.1 Å². The monoisotopic (exact) mass is 526 g/mol. The van der Waals surface area contributed by atoms with Crippen molar-refractivity contribution in [2.45, 2.75) is 45.6 Å². The van der Waals surface area contributed by atoms with Gasteiger partial charge < -0.3 is 4.74 Å². The lowest BCUT2D eigenvalue weighted by Gasteiger charge is -2.32. The lowest BCUT2D eigenvalue weighted by molar-refractivity contribution is -0.143. The first kappa shape index (κ1) is 25.5. The van der Waals surface area contributed by atoms with E-state index in [1.807, 2.05) is 55.6 Å². The van der Waals surface area contributed by atoms with Crippen LogP contribution in [-0.2, 0) is 9.59 Å². The van der Waals surface area contributed by atoms with Crippen molar-refractivity contribution in [3.63, 3.8) is 0 Å². The average Bonchev–Trinajstić information content (AvgIpc) is 3.59. The van der Waals surface area contributed by atoms with E-state index in [1.54, 1.807) is 29.8 Å². The van der Waals surface area contributed by atoms with Crippen molar-refractivity contribution < 1.29 is 14.3 Å². The Kier molecular flexibility index (Phi) is 7.17. The van der Waals surface area contributed by atoms with Gasteiger partial charge in [0.15, 0.2) is 0 Å². The predicted octanol–water partition coefficient (Wildman–Crippen LogP) is 6.13. The second kappa shape index (κ2) is 10.7. The Labute approximate surface area is 226 Å². The molecule has 2 amide bonds. The zero-order chi connectivity index (χ0) is 26.8. The van der Waals surface area contributed by atoms with Gasteiger partial charge in [-0.3, -0.25) is 14.5 Å². The lowest BCUT2D eigenvalue weighted by Crippen LogP contribution is -2.47. The molecule has 0 unspecified atom stereocenters. The Morgan fingerprint density at radius 3 is 2.53 bits per heavy atom. The van der Waals surface area contributed by atoms with Crippen molar-refractivity contribution in [3.8, 4) is 28.8 Å². The van der Waals surface area contributed by atoms with Gasteiger partial charge in [-0.25, -0.2) is 4.68 Å². The van der Waals surface area contributed by atoms with Crippen molar-refractivity contribution in [1.82, 2.24) is 14.7 Å². The van der Waals surface area contributed by atoms with Gasteiger partial charge in [0.2, 0.25) is 0 Å². The van der Waals surface area contributed by atoms with Gasteiger partial charge in [-0.1, -0.05) is 42.6 Å². The van der Waals surface area contributed by atoms with Crippen LogP contribution in [0.1, 0.15) is 45.1 Å². The Balaban J connectivity index is 1.67. The molecule has 2 heterocycles. The summed E-state index contributed by atoms with van der Waals surface area (Å²) >= 11 is 6.50. The lowest BCUT2D eigenvalue weighted by atomic mass is 9.92. The molecule has 0 N–H and O–H groups in total. The van der Waals surface area contributed by atoms with E-state index in [1.165, 1.54) is 4.90 Å². The van der Waals surface area contributed by atoms with E-state index in [0.29, 0.717) is 39.8 Å². The van der Waals surface area contributed by atoms with Crippen LogP contribution >= 0.6 is 11.6 Å². The van der Waals surface area contributed by atoms with E-state index >= 15 is 0 Å². The number of hydrogen-bond donors (Lipinski definition) is 0. The smallest absolute Gasteiger partial charge is 0.271 e. The second-order valence-electron chi connectivity index (χ2n) is 9.38. The fraction of sp³-hybridized carbons (Fsp3) is 0.267. The van der Waals surface area contributed by atoms with E-state index in [-0.39, 0.29) is 17.5 Å². The van der Waals surface area contributed by atoms with Crippen LogP contribution in [0.15, 0.2) is 71.4 Å². The molecule has 7 nitrogen and oxygen atoms in total. The molecule has 1 aliphatic carbocycles. The van der Waals surface area contributed by atoms with Crippen LogP contribution in [0.25, 0.3) is 23.0 Å². The van der Waals surface area contributed by atoms with Crippen molar-refractivity contribution in [2.75, 3.05) is 6.61 Å². The third-order valence-corrected chi connectivity index (χ3v) is 7.33. The van der Waals surface area contributed by atoms with Crippen molar-refractivity contribution in [3.05, 3.63) is 82.0 Å². The molecule has 0 radical (unpaired) electrons. The number of halogens is 1. The molecule has 0 atom stereocenters. The van der Waals surface area contributed by atoms with Crippen molar-refractivity contribution >= 4 is 29.5 Å². The summed E-state index contributed by atoms with van der Waals surface area (Å²) in [5, 5.41) is 15.1. The summed E-state index contributed by atoms with van der Waals surface area (Å²) < 4.78 is 7.33. The quantitative estimate of drug-likeness (QED) is 0.285. The minimum atomic E-state index is -0.502. The molecule has 2 aromatic carbocycles. The normalized spacial score (nSPS) is 17.4. The SMILES string of the molecule is CCOc1ccc(-c2nn(-c3ccccc3)cc2/C=C2/C(=O)N(C3CCCC3)C(=O)C(C#N)=C2C)cc1Cl. The number of nitriles is 1. The van der Waals surface area contributed by atoms with E-state index in [0.717, 1.165) is 36.9 Å². The highest BCUT2D eigenvalue weighted by Gasteiger charge is 2.40. The highest BCUT2D eigenvalue weighted by molar-refractivity contribution is 6.32. The first-order chi connectivity index (χ1) is 18.4. The first-order valence-corrected chi connectivity index (χ1v) is 13.1. The number of carbonyl (C=O) groups is 2. The minimum absolute atomic E-state index is 0.00358. The number of rotatable bonds is 6.